The van der Waals surface area contributed by atoms with E-state index in [0.717, 1.165) is 24.0 Å². The van der Waals surface area contributed by atoms with Gasteiger partial charge >= 0.3 is 0 Å². The highest BCUT2D eigenvalue weighted by Gasteiger charge is 2.48. The predicted molar refractivity (Wildman–Crippen MR) is 106 cm³/mol. The Hall–Kier alpha value is -2.34. The SMILES string of the molecule is CC(C)CN1CCNC(=O)C12CCN(C(=O)c1ccc3[nH]ccc3c1)CC2. The number of nitrogens with zero attached hydrogens (tertiary/aromatic N) is 2. The third-order valence-electron chi connectivity index (χ3n) is 5.96. The lowest BCUT2D eigenvalue weighted by Gasteiger charge is -2.50. The number of piperazine rings is 1. The third kappa shape index (κ3) is 3.23. The molecule has 0 saturated carbocycles. The summed E-state index contributed by atoms with van der Waals surface area (Å²) in [6.45, 7) is 8.14. The van der Waals surface area contributed by atoms with Gasteiger partial charge < -0.3 is 15.2 Å². The predicted octanol–water partition coefficient (Wildman–Crippen LogP) is 2.23. The van der Waals surface area contributed by atoms with Gasteiger partial charge in [0.1, 0.15) is 5.54 Å². The zero-order valence-corrected chi connectivity index (χ0v) is 16.1. The highest BCUT2D eigenvalue weighted by Crippen LogP contribution is 2.32. The van der Waals surface area contributed by atoms with Crippen LogP contribution in [0.1, 0.15) is 37.0 Å². The molecule has 2 aromatic rings. The molecule has 2 aliphatic heterocycles. The van der Waals surface area contributed by atoms with Crippen molar-refractivity contribution in [3.05, 3.63) is 36.0 Å². The smallest absolute Gasteiger partial charge is 0.253 e. The lowest BCUT2D eigenvalue weighted by atomic mass is 9.82. The standard InChI is InChI=1S/C21H28N4O2/c1-15(2)14-25-12-9-23-20(27)21(25)6-10-24(11-7-21)19(26)17-3-4-18-16(13-17)5-8-22-18/h3-5,8,13,15,22H,6-7,9-12,14H2,1-2H3,(H,23,27). The summed E-state index contributed by atoms with van der Waals surface area (Å²) in [5, 5.41) is 4.10. The van der Waals surface area contributed by atoms with E-state index in [1.165, 1.54) is 0 Å². The number of fused-ring (bicyclic) bond motifs is 1. The summed E-state index contributed by atoms with van der Waals surface area (Å²) in [7, 11) is 0. The van der Waals surface area contributed by atoms with Crippen LogP contribution >= 0.6 is 0 Å². The number of carbonyl (C=O) groups excluding carboxylic acids is 2. The monoisotopic (exact) mass is 368 g/mol. The van der Waals surface area contributed by atoms with Crippen LogP contribution in [0.25, 0.3) is 10.9 Å². The number of aromatic amines is 1. The Labute approximate surface area is 159 Å². The van der Waals surface area contributed by atoms with E-state index in [4.69, 9.17) is 0 Å². The fourth-order valence-corrected chi connectivity index (χ4v) is 4.53. The van der Waals surface area contributed by atoms with Gasteiger partial charge in [0, 0.05) is 55.4 Å². The maximum atomic E-state index is 13.0. The number of amides is 2. The van der Waals surface area contributed by atoms with Gasteiger partial charge in [-0.25, -0.2) is 0 Å². The second-order valence-corrected chi connectivity index (χ2v) is 8.20. The number of benzene rings is 1. The van der Waals surface area contributed by atoms with Crippen LogP contribution in [0.2, 0.25) is 0 Å². The summed E-state index contributed by atoms with van der Waals surface area (Å²) in [5.74, 6) is 0.704. The van der Waals surface area contributed by atoms with Crippen LogP contribution < -0.4 is 5.32 Å². The van der Waals surface area contributed by atoms with Crippen LogP contribution in [-0.4, -0.2) is 64.9 Å². The first-order valence-electron chi connectivity index (χ1n) is 9.89. The molecule has 2 saturated heterocycles. The summed E-state index contributed by atoms with van der Waals surface area (Å²) in [5.41, 5.74) is 1.29. The van der Waals surface area contributed by atoms with Gasteiger partial charge in [0.25, 0.3) is 5.91 Å². The first-order valence-corrected chi connectivity index (χ1v) is 9.89. The van der Waals surface area contributed by atoms with Crippen LogP contribution in [0.3, 0.4) is 0 Å². The van der Waals surface area contributed by atoms with Crippen molar-refractivity contribution in [1.82, 2.24) is 20.1 Å². The molecule has 3 heterocycles. The average molecular weight is 368 g/mol. The molecule has 4 rings (SSSR count). The van der Waals surface area contributed by atoms with Crippen LogP contribution in [0, 0.1) is 5.92 Å². The molecule has 2 aliphatic rings. The van der Waals surface area contributed by atoms with Crippen molar-refractivity contribution in [2.75, 3.05) is 32.7 Å². The van der Waals surface area contributed by atoms with Crippen LogP contribution in [-0.2, 0) is 4.79 Å². The van der Waals surface area contributed by atoms with E-state index in [1.54, 1.807) is 0 Å². The molecule has 27 heavy (non-hydrogen) atoms. The lowest BCUT2D eigenvalue weighted by molar-refractivity contribution is -0.141. The second kappa shape index (κ2) is 7.00. The van der Waals surface area contributed by atoms with Crippen molar-refractivity contribution in [3.63, 3.8) is 0 Å². The zero-order valence-electron chi connectivity index (χ0n) is 16.1. The summed E-state index contributed by atoms with van der Waals surface area (Å²) in [4.78, 5) is 33.1. The molecule has 1 aromatic heterocycles. The molecule has 0 aliphatic carbocycles. The molecule has 144 valence electrons. The largest absolute Gasteiger partial charge is 0.361 e. The molecule has 6 nitrogen and oxygen atoms in total. The van der Waals surface area contributed by atoms with Gasteiger partial charge in [-0.3, -0.25) is 14.5 Å². The van der Waals surface area contributed by atoms with Gasteiger partial charge in [0.15, 0.2) is 0 Å². The molecule has 6 heteroatoms. The highest BCUT2D eigenvalue weighted by molar-refractivity contribution is 5.98. The lowest BCUT2D eigenvalue weighted by Crippen LogP contribution is -2.68. The molecule has 2 amide bonds. The van der Waals surface area contributed by atoms with Gasteiger partial charge in [-0.2, -0.15) is 0 Å². The zero-order chi connectivity index (χ0) is 19.0. The second-order valence-electron chi connectivity index (χ2n) is 8.20. The number of rotatable bonds is 3. The quantitative estimate of drug-likeness (QED) is 0.873. The van der Waals surface area contributed by atoms with E-state index in [-0.39, 0.29) is 11.8 Å². The Balaban J connectivity index is 1.49. The normalized spacial score (nSPS) is 20.4. The Bertz CT molecular complexity index is 849. The average Bonchev–Trinajstić information content (AvgIpc) is 3.13. The molecule has 0 atom stereocenters. The van der Waals surface area contributed by atoms with E-state index >= 15 is 0 Å². The third-order valence-corrected chi connectivity index (χ3v) is 5.96. The number of nitrogens with one attached hydrogen (secondary N) is 2. The summed E-state index contributed by atoms with van der Waals surface area (Å²) in [6, 6.07) is 7.75. The molecular formula is C21H28N4O2. The number of H-pyrrole nitrogens is 1. The van der Waals surface area contributed by atoms with E-state index in [2.05, 4.69) is 29.0 Å². The fourth-order valence-electron chi connectivity index (χ4n) is 4.53. The molecule has 1 aromatic carbocycles. The fraction of sp³-hybridized carbons (Fsp3) is 0.524. The summed E-state index contributed by atoms with van der Waals surface area (Å²) < 4.78 is 0. The van der Waals surface area contributed by atoms with Crippen molar-refractivity contribution in [2.24, 2.45) is 5.92 Å². The molecule has 1 spiro atoms. The molecule has 2 fully saturated rings. The maximum Gasteiger partial charge on any atom is 0.253 e. The van der Waals surface area contributed by atoms with Crippen molar-refractivity contribution < 1.29 is 9.59 Å². The van der Waals surface area contributed by atoms with Crippen molar-refractivity contribution in [2.45, 2.75) is 32.2 Å². The molecular weight excluding hydrogens is 340 g/mol. The van der Waals surface area contributed by atoms with Crippen molar-refractivity contribution in [1.29, 1.82) is 0 Å². The Morgan fingerprint density at radius 1 is 1.19 bits per heavy atom. The number of aromatic nitrogens is 1. The number of likely N-dealkylation sites (tertiary alicyclic amines) is 1. The number of piperidine rings is 1. The molecule has 2 N–H and O–H groups in total. The van der Waals surface area contributed by atoms with Gasteiger partial charge in [-0.05, 0) is 43.0 Å². The van der Waals surface area contributed by atoms with Gasteiger partial charge in [-0.15, -0.1) is 0 Å². The maximum absolute atomic E-state index is 13.0. The van der Waals surface area contributed by atoms with Gasteiger partial charge in [-0.1, -0.05) is 13.8 Å². The minimum Gasteiger partial charge on any atom is -0.361 e. The Kier molecular flexibility index (Phi) is 4.68. The van der Waals surface area contributed by atoms with E-state index in [1.807, 2.05) is 35.4 Å². The Morgan fingerprint density at radius 3 is 2.70 bits per heavy atom. The van der Waals surface area contributed by atoms with Crippen LogP contribution in [0.15, 0.2) is 30.5 Å². The van der Waals surface area contributed by atoms with Crippen molar-refractivity contribution >= 4 is 22.7 Å². The first kappa shape index (κ1) is 18.0. The van der Waals surface area contributed by atoms with Crippen LogP contribution in [0.4, 0.5) is 0 Å². The molecule has 0 radical (unpaired) electrons. The minimum atomic E-state index is -0.454. The minimum absolute atomic E-state index is 0.0552. The van der Waals surface area contributed by atoms with Gasteiger partial charge in [0.05, 0.1) is 0 Å². The van der Waals surface area contributed by atoms with E-state index < -0.39 is 5.54 Å². The molecule has 0 bridgehead atoms. The Morgan fingerprint density at radius 2 is 1.96 bits per heavy atom. The van der Waals surface area contributed by atoms with Gasteiger partial charge in [0.2, 0.25) is 5.91 Å². The summed E-state index contributed by atoms with van der Waals surface area (Å²) >= 11 is 0. The number of hydrogen-bond acceptors (Lipinski definition) is 3. The number of hydrogen-bond donors (Lipinski definition) is 2. The number of carbonyl (C=O) groups is 2. The van der Waals surface area contributed by atoms with Crippen molar-refractivity contribution in [3.8, 4) is 0 Å². The first-order chi connectivity index (χ1) is 13.0. The van der Waals surface area contributed by atoms with E-state index in [0.29, 0.717) is 44.0 Å². The van der Waals surface area contributed by atoms with E-state index in [9.17, 15) is 9.59 Å². The molecule has 0 unspecified atom stereocenters. The topological polar surface area (TPSA) is 68.4 Å². The van der Waals surface area contributed by atoms with Crippen LogP contribution in [0.5, 0.6) is 0 Å². The summed E-state index contributed by atoms with van der Waals surface area (Å²) in [6.07, 6.45) is 3.28. The highest BCUT2D eigenvalue weighted by atomic mass is 16.2.